The van der Waals surface area contributed by atoms with Gasteiger partial charge in [-0.3, -0.25) is 14.5 Å². The zero-order chi connectivity index (χ0) is 18.5. The summed E-state index contributed by atoms with van der Waals surface area (Å²) in [7, 11) is 1.65. The van der Waals surface area contributed by atoms with Crippen LogP contribution >= 0.6 is 0 Å². The number of carbonyl (C=O) groups is 2. The highest BCUT2D eigenvalue weighted by atomic mass is 16.5. The van der Waals surface area contributed by atoms with E-state index in [9.17, 15) is 9.59 Å². The summed E-state index contributed by atoms with van der Waals surface area (Å²) in [6, 6.07) is 8.13. The number of methoxy groups -OCH3 is 1. The highest BCUT2D eigenvalue weighted by Crippen LogP contribution is 2.19. The van der Waals surface area contributed by atoms with E-state index in [1.54, 1.807) is 7.11 Å². The number of nitrogens with zero attached hydrogens (tertiary/aromatic N) is 2. The molecule has 0 spiro atoms. The van der Waals surface area contributed by atoms with Crippen molar-refractivity contribution in [2.45, 2.75) is 44.7 Å². The number of nitrogens with one attached hydrogen (secondary N) is 1. The molecule has 1 aromatic carbocycles. The molecule has 0 bridgehead atoms. The number of piperazine rings is 1. The standard InChI is InChI=1S/C20H29N3O3/c1-15(20(25)21-17-6-7-17)22-11-13-23(14-12-22)19(24)10-5-16-3-8-18(26-2)9-4-16/h3-4,8-9,15,17H,5-7,10-14H2,1-2H3,(H,21,25). The van der Waals surface area contributed by atoms with Crippen LogP contribution in [0, 0.1) is 0 Å². The van der Waals surface area contributed by atoms with E-state index >= 15 is 0 Å². The first-order chi connectivity index (χ1) is 12.6. The van der Waals surface area contributed by atoms with Crippen LogP contribution in [0.2, 0.25) is 0 Å². The average molecular weight is 359 g/mol. The molecule has 2 amide bonds. The van der Waals surface area contributed by atoms with E-state index in [1.807, 2.05) is 36.1 Å². The van der Waals surface area contributed by atoms with Crippen molar-refractivity contribution in [3.63, 3.8) is 0 Å². The van der Waals surface area contributed by atoms with Crippen molar-refractivity contribution >= 4 is 11.8 Å². The van der Waals surface area contributed by atoms with Crippen LogP contribution in [0.3, 0.4) is 0 Å². The van der Waals surface area contributed by atoms with Gasteiger partial charge in [-0.1, -0.05) is 12.1 Å². The van der Waals surface area contributed by atoms with E-state index in [1.165, 1.54) is 0 Å². The molecule has 0 radical (unpaired) electrons. The largest absolute Gasteiger partial charge is 0.497 e. The van der Waals surface area contributed by atoms with Crippen molar-refractivity contribution in [2.24, 2.45) is 0 Å². The van der Waals surface area contributed by atoms with Crippen LogP contribution in [0.5, 0.6) is 5.75 Å². The molecule has 6 nitrogen and oxygen atoms in total. The van der Waals surface area contributed by atoms with E-state index in [-0.39, 0.29) is 17.9 Å². The predicted octanol–water partition coefficient (Wildman–Crippen LogP) is 1.44. The van der Waals surface area contributed by atoms with Crippen molar-refractivity contribution in [1.82, 2.24) is 15.1 Å². The Labute approximate surface area is 155 Å². The lowest BCUT2D eigenvalue weighted by Gasteiger charge is -2.37. The number of benzene rings is 1. The topological polar surface area (TPSA) is 61.9 Å². The summed E-state index contributed by atoms with van der Waals surface area (Å²) in [6.45, 7) is 4.87. The molecule has 1 atom stereocenters. The third-order valence-electron chi connectivity index (χ3n) is 5.30. The fourth-order valence-electron chi connectivity index (χ4n) is 3.28. The van der Waals surface area contributed by atoms with Crippen LogP contribution < -0.4 is 10.1 Å². The number of carbonyl (C=O) groups excluding carboxylic acids is 2. The van der Waals surface area contributed by atoms with E-state index < -0.39 is 0 Å². The van der Waals surface area contributed by atoms with Gasteiger partial charge in [0.05, 0.1) is 13.2 Å². The molecule has 1 saturated heterocycles. The molecule has 26 heavy (non-hydrogen) atoms. The fourth-order valence-corrected chi connectivity index (χ4v) is 3.28. The van der Waals surface area contributed by atoms with Gasteiger partial charge in [0.1, 0.15) is 5.75 Å². The summed E-state index contributed by atoms with van der Waals surface area (Å²) in [4.78, 5) is 28.7. The molecular formula is C20H29N3O3. The SMILES string of the molecule is COc1ccc(CCC(=O)N2CCN(C(C)C(=O)NC3CC3)CC2)cc1. The molecule has 3 rings (SSSR count). The second kappa shape index (κ2) is 8.54. The molecule has 1 unspecified atom stereocenters. The van der Waals surface area contributed by atoms with Crippen molar-refractivity contribution < 1.29 is 14.3 Å². The number of ether oxygens (including phenoxy) is 1. The quantitative estimate of drug-likeness (QED) is 0.800. The normalized spacial score (nSPS) is 19.1. The van der Waals surface area contributed by atoms with Crippen LogP contribution in [-0.4, -0.2) is 67.0 Å². The fraction of sp³-hybridized carbons (Fsp3) is 0.600. The zero-order valence-electron chi connectivity index (χ0n) is 15.7. The maximum atomic E-state index is 12.5. The Hall–Kier alpha value is -2.08. The van der Waals surface area contributed by atoms with Gasteiger partial charge in [0.2, 0.25) is 11.8 Å². The average Bonchev–Trinajstić information content (AvgIpc) is 3.50. The van der Waals surface area contributed by atoms with Gasteiger partial charge in [-0.15, -0.1) is 0 Å². The van der Waals surface area contributed by atoms with Crippen LogP contribution in [0.25, 0.3) is 0 Å². The minimum atomic E-state index is -0.118. The Balaban J connectivity index is 1.40. The summed E-state index contributed by atoms with van der Waals surface area (Å²) >= 11 is 0. The first-order valence-electron chi connectivity index (χ1n) is 9.52. The molecule has 1 aliphatic heterocycles. The molecule has 1 aromatic rings. The molecule has 2 fully saturated rings. The minimum absolute atomic E-state index is 0.117. The first-order valence-corrected chi connectivity index (χ1v) is 9.52. The predicted molar refractivity (Wildman–Crippen MR) is 100 cm³/mol. The highest BCUT2D eigenvalue weighted by molar-refractivity contribution is 5.82. The molecule has 1 saturated carbocycles. The second-order valence-corrected chi connectivity index (χ2v) is 7.22. The Morgan fingerprint density at radius 2 is 1.81 bits per heavy atom. The molecule has 1 N–H and O–H groups in total. The highest BCUT2D eigenvalue weighted by Gasteiger charge is 2.30. The van der Waals surface area contributed by atoms with Crippen molar-refractivity contribution in [3.8, 4) is 5.75 Å². The number of rotatable bonds is 7. The van der Waals surface area contributed by atoms with Gasteiger partial charge >= 0.3 is 0 Å². The molecular weight excluding hydrogens is 330 g/mol. The molecule has 1 heterocycles. The van der Waals surface area contributed by atoms with Gasteiger partial charge in [-0.25, -0.2) is 0 Å². The van der Waals surface area contributed by atoms with E-state index in [4.69, 9.17) is 4.74 Å². The number of amides is 2. The van der Waals surface area contributed by atoms with Crippen molar-refractivity contribution in [1.29, 1.82) is 0 Å². The van der Waals surface area contributed by atoms with Gasteiger partial charge in [0.15, 0.2) is 0 Å². The second-order valence-electron chi connectivity index (χ2n) is 7.22. The lowest BCUT2D eigenvalue weighted by molar-refractivity contribution is -0.134. The van der Waals surface area contributed by atoms with Gasteiger partial charge < -0.3 is 15.0 Å². The maximum Gasteiger partial charge on any atom is 0.237 e. The Kier molecular flexibility index (Phi) is 6.14. The van der Waals surface area contributed by atoms with Crippen LogP contribution in [0.1, 0.15) is 31.7 Å². The summed E-state index contributed by atoms with van der Waals surface area (Å²) in [5.41, 5.74) is 1.14. The Morgan fingerprint density at radius 1 is 1.15 bits per heavy atom. The molecule has 142 valence electrons. The molecule has 2 aliphatic rings. The van der Waals surface area contributed by atoms with Gasteiger partial charge in [0.25, 0.3) is 0 Å². The lowest BCUT2D eigenvalue weighted by atomic mass is 10.1. The summed E-state index contributed by atoms with van der Waals surface area (Å²) in [6.07, 6.45) is 3.47. The number of aryl methyl sites for hydroxylation is 1. The Bertz CT molecular complexity index is 620. The van der Waals surface area contributed by atoms with E-state index in [0.717, 1.165) is 43.7 Å². The third-order valence-corrected chi connectivity index (χ3v) is 5.30. The zero-order valence-corrected chi connectivity index (χ0v) is 15.7. The summed E-state index contributed by atoms with van der Waals surface area (Å²) in [5.74, 6) is 1.14. The summed E-state index contributed by atoms with van der Waals surface area (Å²) < 4.78 is 5.15. The first kappa shape index (κ1) is 18.7. The van der Waals surface area contributed by atoms with Crippen molar-refractivity contribution in [3.05, 3.63) is 29.8 Å². The number of hydrogen-bond acceptors (Lipinski definition) is 4. The van der Waals surface area contributed by atoms with Gasteiger partial charge in [-0.2, -0.15) is 0 Å². The minimum Gasteiger partial charge on any atom is -0.497 e. The number of hydrogen-bond donors (Lipinski definition) is 1. The molecule has 0 aromatic heterocycles. The van der Waals surface area contributed by atoms with Crippen LogP contribution in [0.15, 0.2) is 24.3 Å². The lowest BCUT2D eigenvalue weighted by Crippen LogP contribution is -2.55. The maximum absolute atomic E-state index is 12.5. The van der Waals surface area contributed by atoms with E-state index in [2.05, 4.69) is 10.2 Å². The van der Waals surface area contributed by atoms with Gasteiger partial charge in [0, 0.05) is 38.6 Å². The Morgan fingerprint density at radius 3 is 2.38 bits per heavy atom. The van der Waals surface area contributed by atoms with Crippen LogP contribution in [-0.2, 0) is 16.0 Å². The summed E-state index contributed by atoms with van der Waals surface area (Å²) in [5, 5.41) is 3.06. The molecule has 1 aliphatic carbocycles. The van der Waals surface area contributed by atoms with Gasteiger partial charge in [-0.05, 0) is 43.9 Å². The smallest absolute Gasteiger partial charge is 0.237 e. The molecule has 6 heteroatoms. The van der Waals surface area contributed by atoms with E-state index in [0.29, 0.717) is 25.6 Å². The van der Waals surface area contributed by atoms with Crippen molar-refractivity contribution in [2.75, 3.05) is 33.3 Å². The third kappa shape index (κ3) is 4.97. The van der Waals surface area contributed by atoms with Crippen LogP contribution in [0.4, 0.5) is 0 Å². The monoisotopic (exact) mass is 359 g/mol.